The van der Waals surface area contributed by atoms with Crippen LogP contribution < -0.4 is 10.6 Å². The van der Waals surface area contributed by atoms with Crippen LogP contribution in [0, 0.1) is 0 Å². The van der Waals surface area contributed by atoms with Crippen LogP contribution in [0.3, 0.4) is 0 Å². The molecular weight excluding hydrogens is 274 g/mol. The quantitative estimate of drug-likeness (QED) is 0.383. The number of carbonyl (C=O) groups is 1. The zero-order chi connectivity index (χ0) is 16.8. The molecule has 0 spiro atoms. The Labute approximate surface area is 137 Å². The zero-order valence-electron chi connectivity index (χ0n) is 15.2. The summed E-state index contributed by atoms with van der Waals surface area (Å²) in [4.78, 5) is 13.7. The standard InChI is InChI=1S/C18H37N3O/c1-16(2)14-21(5)15-18(22)20-13-11-9-7-6-8-10-12-19-17(3)4/h17,19H,1,6-15H2,2-5H3,(H,20,22). The maximum absolute atomic E-state index is 11.7. The molecule has 130 valence electrons. The summed E-state index contributed by atoms with van der Waals surface area (Å²) in [5.74, 6) is 0.114. The topological polar surface area (TPSA) is 44.4 Å². The van der Waals surface area contributed by atoms with Crippen molar-refractivity contribution in [1.29, 1.82) is 0 Å². The molecule has 4 heteroatoms. The summed E-state index contributed by atoms with van der Waals surface area (Å²) in [7, 11) is 1.95. The van der Waals surface area contributed by atoms with Gasteiger partial charge in [0.1, 0.15) is 0 Å². The first-order valence-corrected chi connectivity index (χ1v) is 8.74. The van der Waals surface area contributed by atoms with Gasteiger partial charge in [0.15, 0.2) is 0 Å². The number of likely N-dealkylation sites (N-methyl/N-ethyl adjacent to an activating group) is 1. The van der Waals surface area contributed by atoms with Crippen molar-refractivity contribution in [2.75, 3.05) is 33.2 Å². The summed E-state index contributed by atoms with van der Waals surface area (Å²) in [6.45, 7) is 13.4. The van der Waals surface area contributed by atoms with Gasteiger partial charge >= 0.3 is 0 Å². The molecule has 0 aliphatic heterocycles. The number of nitrogens with zero attached hydrogens (tertiary/aromatic N) is 1. The fraction of sp³-hybridized carbons (Fsp3) is 0.833. The lowest BCUT2D eigenvalue weighted by molar-refractivity contribution is -0.121. The van der Waals surface area contributed by atoms with Crippen molar-refractivity contribution in [3.05, 3.63) is 12.2 Å². The van der Waals surface area contributed by atoms with Crippen LogP contribution in [-0.4, -0.2) is 50.1 Å². The highest BCUT2D eigenvalue weighted by molar-refractivity contribution is 5.77. The predicted octanol–water partition coefficient (Wildman–Crippen LogP) is 2.95. The van der Waals surface area contributed by atoms with Crippen LogP contribution in [0.2, 0.25) is 0 Å². The molecule has 0 fully saturated rings. The van der Waals surface area contributed by atoms with Crippen LogP contribution in [-0.2, 0) is 4.79 Å². The highest BCUT2D eigenvalue weighted by Gasteiger charge is 2.05. The lowest BCUT2D eigenvalue weighted by atomic mass is 10.1. The van der Waals surface area contributed by atoms with Gasteiger partial charge in [0, 0.05) is 19.1 Å². The van der Waals surface area contributed by atoms with Gasteiger partial charge in [-0.3, -0.25) is 9.69 Å². The van der Waals surface area contributed by atoms with E-state index in [9.17, 15) is 4.79 Å². The summed E-state index contributed by atoms with van der Waals surface area (Å²) in [6, 6.07) is 0.595. The average molecular weight is 312 g/mol. The zero-order valence-corrected chi connectivity index (χ0v) is 15.2. The largest absolute Gasteiger partial charge is 0.355 e. The first-order chi connectivity index (χ1) is 10.4. The van der Waals surface area contributed by atoms with Gasteiger partial charge in [-0.2, -0.15) is 0 Å². The van der Waals surface area contributed by atoms with E-state index in [1.165, 1.54) is 32.1 Å². The van der Waals surface area contributed by atoms with E-state index in [-0.39, 0.29) is 5.91 Å². The molecular formula is C18H37N3O. The summed E-state index contributed by atoms with van der Waals surface area (Å²) in [5.41, 5.74) is 1.08. The molecule has 0 saturated carbocycles. The molecule has 0 heterocycles. The number of carbonyl (C=O) groups excluding carboxylic acids is 1. The third-order valence-corrected chi connectivity index (χ3v) is 3.43. The van der Waals surface area contributed by atoms with Gasteiger partial charge in [0.25, 0.3) is 0 Å². The van der Waals surface area contributed by atoms with Crippen LogP contribution >= 0.6 is 0 Å². The van der Waals surface area contributed by atoms with E-state index in [2.05, 4.69) is 31.1 Å². The summed E-state index contributed by atoms with van der Waals surface area (Å²) < 4.78 is 0. The van der Waals surface area contributed by atoms with Crippen LogP contribution in [0.1, 0.15) is 59.3 Å². The summed E-state index contributed by atoms with van der Waals surface area (Å²) in [6.07, 6.45) is 7.43. The number of amides is 1. The monoisotopic (exact) mass is 311 g/mol. The Morgan fingerprint density at radius 3 is 2.09 bits per heavy atom. The molecule has 0 aliphatic carbocycles. The average Bonchev–Trinajstić information content (AvgIpc) is 2.39. The molecule has 2 N–H and O–H groups in total. The smallest absolute Gasteiger partial charge is 0.234 e. The lowest BCUT2D eigenvalue weighted by Gasteiger charge is -2.15. The van der Waals surface area contributed by atoms with Gasteiger partial charge in [0.05, 0.1) is 6.54 Å². The Hall–Kier alpha value is -0.870. The van der Waals surface area contributed by atoms with Crippen molar-refractivity contribution in [1.82, 2.24) is 15.5 Å². The first-order valence-electron chi connectivity index (χ1n) is 8.74. The van der Waals surface area contributed by atoms with E-state index in [0.29, 0.717) is 12.6 Å². The first kappa shape index (κ1) is 21.1. The second-order valence-electron chi connectivity index (χ2n) is 6.71. The fourth-order valence-electron chi connectivity index (χ4n) is 2.39. The minimum absolute atomic E-state index is 0.114. The molecule has 0 atom stereocenters. The van der Waals surface area contributed by atoms with E-state index in [4.69, 9.17) is 0 Å². The number of nitrogens with one attached hydrogen (secondary N) is 2. The Balaban J connectivity index is 3.32. The normalized spacial score (nSPS) is 11.2. The minimum atomic E-state index is 0.114. The fourth-order valence-corrected chi connectivity index (χ4v) is 2.39. The van der Waals surface area contributed by atoms with Crippen molar-refractivity contribution >= 4 is 5.91 Å². The second-order valence-corrected chi connectivity index (χ2v) is 6.71. The number of hydrogen-bond donors (Lipinski definition) is 2. The minimum Gasteiger partial charge on any atom is -0.355 e. The Morgan fingerprint density at radius 1 is 1.00 bits per heavy atom. The predicted molar refractivity (Wildman–Crippen MR) is 96.2 cm³/mol. The van der Waals surface area contributed by atoms with Gasteiger partial charge in [-0.05, 0) is 33.4 Å². The van der Waals surface area contributed by atoms with Gasteiger partial charge in [-0.15, -0.1) is 0 Å². The van der Waals surface area contributed by atoms with Crippen molar-refractivity contribution < 1.29 is 4.79 Å². The number of rotatable bonds is 14. The molecule has 0 aromatic rings. The SMILES string of the molecule is C=C(C)CN(C)CC(=O)NCCCCCCCCNC(C)C. The highest BCUT2D eigenvalue weighted by Crippen LogP contribution is 2.04. The number of unbranched alkanes of at least 4 members (excludes halogenated alkanes) is 5. The van der Waals surface area contributed by atoms with Gasteiger partial charge in [-0.1, -0.05) is 51.7 Å². The van der Waals surface area contributed by atoms with E-state index in [0.717, 1.165) is 31.6 Å². The molecule has 0 aromatic carbocycles. The molecule has 0 bridgehead atoms. The van der Waals surface area contributed by atoms with Crippen LogP contribution in [0.4, 0.5) is 0 Å². The van der Waals surface area contributed by atoms with Crippen LogP contribution in [0.25, 0.3) is 0 Å². The van der Waals surface area contributed by atoms with Crippen molar-refractivity contribution in [2.45, 2.75) is 65.3 Å². The van der Waals surface area contributed by atoms with Gasteiger partial charge in [-0.25, -0.2) is 0 Å². The Bertz CT molecular complexity index is 303. The summed E-state index contributed by atoms with van der Waals surface area (Å²) in [5, 5.41) is 6.43. The molecule has 4 nitrogen and oxygen atoms in total. The van der Waals surface area contributed by atoms with Crippen molar-refractivity contribution in [3.8, 4) is 0 Å². The maximum atomic E-state index is 11.7. The van der Waals surface area contributed by atoms with Crippen LogP contribution in [0.15, 0.2) is 12.2 Å². The molecule has 0 aliphatic rings. The second kappa shape index (κ2) is 13.8. The third-order valence-electron chi connectivity index (χ3n) is 3.43. The molecule has 0 saturated heterocycles. The molecule has 0 aromatic heterocycles. The van der Waals surface area contributed by atoms with Gasteiger partial charge < -0.3 is 10.6 Å². The van der Waals surface area contributed by atoms with E-state index >= 15 is 0 Å². The van der Waals surface area contributed by atoms with E-state index in [1.54, 1.807) is 0 Å². The Kier molecular flexibility index (Phi) is 13.2. The molecule has 0 unspecified atom stereocenters. The van der Waals surface area contributed by atoms with E-state index < -0.39 is 0 Å². The van der Waals surface area contributed by atoms with Crippen molar-refractivity contribution in [2.24, 2.45) is 0 Å². The molecule has 0 rings (SSSR count). The lowest BCUT2D eigenvalue weighted by Crippen LogP contribution is -2.36. The van der Waals surface area contributed by atoms with Crippen molar-refractivity contribution in [3.63, 3.8) is 0 Å². The maximum Gasteiger partial charge on any atom is 0.234 e. The summed E-state index contributed by atoms with van der Waals surface area (Å²) >= 11 is 0. The molecule has 1 amide bonds. The van der Waals surface area contributed by atoms with Crippen LogP contribution in [0.5, 0.6) is 0 Å². The highest BCUT2D eigenvalue weighted by atomic mass is 16.2. The molecule has 0 radical (unpaired) electrons. The van der Waals surface area contributed by atoms with Gasteiger partial charge in [0.2, 0.25) is 5.91 Å². The van der Waals surface area contributed by atoms with E-state index in [1.807, 2.05) is 18.9 Å². The third kappa shape index (κ3) is 15.5. The number of hydrogen-bond acceptors (Lipinski definition) is 3. The molecule has 22 heavy (non-hydrogen) atoms. The Morgan fingerprint density at radius 2 is 1.55 bits per heavy atom.